The van der Waals surface area contributed by atoms with Gasteiger partial charge in [-0.25, -0.2) is 4.98 Å². The minimum Gasteiger partial charge on any atom is -0.481 e. The highest BCUT2D eigenvalue weighted by molar-refractivity contribution is 7.11. The van der Waals surface area contributed by atoms with Gasteiger partial charge in [-0.05, 0) is 32.9 Å². The zero-order chi connectivity index (χ0) is 12.3. The van der Waals surface area contributed by atoms with Gasteiger partial charge in [-0.2, -0.15) is 0 Å². The first-order chi connectivity index (χ1) is 8.16. The van der Waals surface area contributed by atoms with Crippen molar-refractivity contribution in [2.75, 3.05) is 13.6 Å². The molecule has 1 aromatic heterocycles. The topological polar surface area (TPSA) is 53.4 Å². The van der Waals surface area contributed by atoms with Crippen molar-refractivity contribution >= 4 is 17.3 Å². The van der Waals surface area contributed by atoms with E-state index < -0.39 is 5.97 Å². The van der Waals surface area contributed by atoms with Crippen molar-refractivity contribution in [1.29, 1.82) is 0 Å². The quantitative estimate of drug-likeness (QED) is 0.896. The molecule has 0 saturated carbocycles. The van der Waals surface area contributed by atoms with E-state index in [-0.39, 0.29) is 6.42 Å². The van der Waals surface area contributed by atoms with Gasteiger partial charge in [-0.15, -0.1) is 11.3 Å². The molecule has 1 fully saturated rings. The number of carboxylic acid groups (broad SMARTS) is 1. The van der Waals surface area contributed by atoms with Crippen molar-refractivity contribution < 1.29 is 9.90 Å². The van der Waals surface area contributed by atoms with Crippen molar-refractivity contribution in [3.63, 3.8) is 0 Å². The van der Waals surface area contributed by atoms with E-state index >= 15 is 0 Å². The smallest absolute Gasteiger partial charge is 0.303 e. The normalized spacial score (nSPS) is 21.6. The zero-order valence-electron chi connectivity index (χ0n) is 10.1. The number of aliphatic carboxylic acids is 1. The lowest BCUT2D eigenvalue weighted by Gasteiger charge is -2.30. The average molecular weight is 254 g/mol. The minimum absolute atomic E-state index is 0.197. The van der Waals surface area contributed by atoms with Crippen LogP contribution in [0.1, 0.15) is 41.6 Å². The van der Waals surface area contributed by atoms with E-state index in [0.29, 0.717) is 12.5 Å². The number of carbonyl (C=O) groups is 1. The first-order valence-electron chi connectivity index (χ1n) is 6.03. The molecule has 2 rings (SSSR count). The van der Waals surface area contributed by atoms with E-state index in [9.17, 15) is 4.79 Å². The van der Waals surface area contributed by atoms with Crippen LogP contribution in [0.25, 0.3) is 0 Å². The minimum atomic E-state index is -0.741. The summed E-state index contributed by atoms with van der Waals surface area (Å²) in [6.45, 7) is 1.13. The monoisotopic (exact) mass is 254 g/mol. The van der Waals surface area contributed by atoms with Gasteiger partial charge in [-0.3, -0.25) is 9.69 Å². The highest BCUT2D eigenvalue weighted by Crippen LogP contribution is 2.32. The van der Waals surface area contributed by atoms with Crippen molar-refractivity contribution in [3.05, 3.63) is 16.1 Å². The van der Waals surface area contributed by atoms with Crippen LogP contribution in [0.5, 0.6) is 0 Å². The molecule has 0 amide bonds. The number of aryl methyl sites for hydroxylation is 1. The fourth-order valence-electron chi connectivity index (χ4n) is 2.21. The fraction of sp³-hybridized carbons (Fsp3) is 0.667. The molecule has 2 heterocycles. The Bertz CT molecular complexity index is 392. The van der Waals surface area contributed by atoms with Crippen LogP contribution in [0.15, 0.2) is 6.20 Å². The van der Waals surface area contributed by atoms with Gasteiger partial charge in [0.1, 0.15) is 5.01 Å². The Labute approximate surface area is 105 Å². The number of likely N-dealkylation sites (tertiary alicyclic amines) is 1. The fourth-order valence-corrected chi connectivity index (χ4v) is 3.33. The van der Waals surface area contributed by atoms with Crippen molar-refractivity contribution in [2.24, 2.45) is 0 Å². The van der Waals surface area contributed by atoms with Crippen LogP contribution in [-0.2, 0) is 11.2 Å². The third-order valence-electron chi connectivity index (χ3n) is 3.21. The molecule has 5 heteroatoms. The number of aromatic nitrogens is 1. The predicted molar refractivity (Wildman–Crippen MR) is 67.3 cm³/mol. The van der Waals surface area contributed by atoms with Crippen molar-refractivity contribution in [1.82, 2.24) is 9.88 Å². The molecule has 0 spiro atoms. The molecule has 1 atom stereocenters. The lowest BCUT2D eigenvalue weighted by Crippen LogP contribution is -2.29. The van der Waals surface area contributed by atoms with Gasteiger partial charge in [0.05, 0.1) is 12.5 Å². The number of piperidine rings is 1. The Morgan fingerprint density at radius 3 is 3.18 bits per heavy atom. The molecule has 1 unspecified atom stereocenters. The molecule has 1 N–H and O–H groups in total. The Kier molecular flexibility index (Phi) is 4.12. The number of carboxylic acids is 1. The molecule has 1 aliphatic heterocycles. The molecule has 0 aromatic carbocycles. The second-order valence-corrected chi connectivity index (χ2v) is 5.70. The average Bonchev–Trinajstić information content (AvgIpc) is 2.75. The SMILES string of the molecule is CN1CCCCC1c1ncc(CCC(=O)O)s1. The second-order valence-electron chi connectivity index (χ2n) is 4.55. The molecule has 1 saturated heterocycles. The van der Waals surface area contributed by atoms with Crippen LogP contribution in [0.3, 0.4) is 0 Å². The summed E-state index contributed by atoms with van der Waals surface area (Å²) >= 11 is 1.67. The van der Waals surface area contributed by atoms with Gasteiger partial charge in [0.15, 0.2) is 0 Å². The highest BCUT2D eigenvalue weighted by atomic mass is 32.1. The number of hydrogen-bond acceptors (Lipinski definition) is 4. The standard InChI is InChI=1S/C12H18N2O2S/c1-14-7-3-2-4-10(14)12-13-8-9(17-12)5-6-11(15)16/h8,10H,2-7H2,1H3,(H,15,16). The van der Waals surface area contributed by atoms with Crippen LogP contribution < -0.4 is 0 Å². The van der Waals surface area contributed by atoms with E-state index in [2.05, 4.69) is 16.9 Å². The van der Waals surface area contributed by atoms with E-state index in [1.165, 1.54) is 19.3 Å². The summed E-state index contributed by atoms with van der Waals surface area (Å²) < 4.78 is 0. The van der Waals surface area contributed by atoms with Gasteiger partial charge in [0.25, 0.3) is 0 Å². The lowest BCUT2D eigenvalue weighted by molar-refractivity contribution is -0.136. The van der Waals surface area contributed by atoms with Gasteiger partial charge in [0, 0.05) is 11.1 Å². The van der Waals surface area contributed by atoms with E-state index in [4.69, 9.17) is 5.11 Å². The van der Waals surface area contributed by atoms with Crippen LogP contribution in [-0.4, -0.2) is 34.6 Å². The molecule has 4 nitrogen and oxygen atoms in total. The van der Waals surface area contributed by atoms with Gasteiger partial charge < -0.3 is 5.11 Å². The molecule has 0 aliphatic carbocycles. The molecule has 0 bridgehead atoms. The molecule has 17 heavy (non-hydrogen) atoms. The summed E-state index contributed by atoms with van der Waals surface area (Å²) in [4.78, 5) is 18.4. The molecule has 0 radical (unpaired) electrons. The third kappa shape index (κ3) is 3.26. The molecule has 1 aromatic rings. The van der Waals surface area contributed by atoms with Crippen LogP contribution in [0.4, 0.5) is 0 Å². The van der Waals surface area contributed by atoms with E-state index in [1.54, 1.807) is 11.3 Å². The molecule has 94 valence electrons. The number of thiazole rings is 1. The van der Waals surface area contributed by atoms with Crippen LogP contribution >= 0.6 is 11.3 Å². The Hall–Kier alpha value is -0.940. The van der Waals surface area contributed by atoms with Crippen molar-refractivity contribution in [3.8, 4) is 0 Å². The summed E-state index contributed by atoms with van der Waals surface area (Å²) in [5, 5.41) is 9.79. The summed E-state index contributed by atoms with van der Waals surface area (Å²) in [5.74, 6) is -0.741. The first-order valence-corrected chi connectivity index (χ1v) is 6.85. The Morgan fingerprint density at radius 1 is 1.65 bits per heavy atom. The van der Waals surface area contributed by atoms with Gasteiger partial charge >= 0.3 is 5.97 Å². The second kappa shape index (κ2) is 5.60. The van der Waals surface area contributed by atoms with Gasteiger partial charge in [-0.1, -0.05) is 6.42 Å². The molecular weight excluding hydrogens is 236 g/mol. The Morgan fingerprint density at radius 2 is 2.47 bits per heavy atom. The molecule has 1 aliphatic rings. The molecular formula is C12H18N2O2S. The highest BCUT2D eigenvalue weighted by Gasteiger charge is 2.23. The van der Waals surface area contributed by atoms with E-state index in [0.717, 1.165) is 16.4 Å². The summed E-state index contributed by atoms with van der Waals surface area (Å²) in [6, 6.07) is 0.437. The maximum absolute atomic E-state index is 10.5. The van der Waals surface area contributed by atoms with E-state index in [1.807, 2.05) is 6.20 Å². The van der Waals surface area contributed by atoms with Crippen molar-refractivity contribution in [2.45, 2.75) is 38.1 Å². The Balaban J connectivity index is 1.99. The number of rotatable bonds is 4. The summed E-state index contributed by atoms with van der Waals surface area (Å²) in [5.41, 5.74) is 0. The predicted octanol–water partition coefficient (Wildman–Crippen LogP) is 2.32. The maximum Gasteiger partial charge on any atom is 0.303 e. The van der Waals surface area contributed by atoms with Crippen LogP contribution in [0, 0.1) is 0 Å². The third-order valence-corrected chi connectivity index (χ3v) is 4.37. The lowest BCUT2D eigenvalue weighted by atomic mass is 10.0. The van der Waals surface area contributed by atoms with Crippen LogP contribution in [0.2, 0.25) is 0 Å². The number of hydrogen-bond donors (Lipinski definition) is 1. The summed E-state index contributed by atoms with van der Waals surface area (Å²) in [6.07, 6.45) is 6.34. The zero-order valence-corrected chi connectivity index (χ0v) is 10.9. The maximum atomic E-state index is 10.5. The first kappa shape index (κ1) is 12.5. The summed E-state index contributed by atoms with van der Waals surface area (Å²) in [7, 11) is 2.14. The number of nitrogens with zero attached hydrogens (tertiary/aromatic N) is 2. The largest absolute Gasteiger partial charge is 0.481 e. The van der Waals surface area contributed by atoms with Gasteiger partial charge in [0.2, 0.25) is 0 Å².